The molecule has 3 aromatic rings. The Balaban J connectivity index is 1.91. The van der Waals surface area contributed by atoms with Crippen molar-refractivity contribution in [3.8, 4) is 0 Å². The molecule has 0 heterocycles. The summed E-state index contributed by atoms with van der Waals surface area (Å²) in [5, 5.41) is 3.11. The maximum Gasteiger partial charge on any atom is 0.264 e. The number of benzene rings is 3. The lowest BCUT2D eigenvalue weighted by atomic mass is 10.1. The number of amides is 1. The summed E-state index contributed by atoms with van der Waals surface area (Å²) in [6.45, 7) is 3.33. The van der Waals surface area contributed by atoms with Crippen molar-refractivity contribution in [2.75, 3.05) is 10.8 Å². The predicted octanol–water partition coefficient (Wildman–Crippen LogP) is 4.72. The van der Waals surface area contributed by atoms with Gasteiger partial charge >= 0.3 is 0 Å². The van der Waals surface area contributed by atoms with E-state index in [1.807, 2.05) is 44.2 Å². The number of nitrogens with one attached hydrogen (secondary N) is 1. The molecule has 0 radical (unpaired) electrons. The van der Waals surface area contributed by atoms with Crippen LogP contribution in [0, 0.1) is 6.92 Å². The van der Waals surface area contributed by atoms with Crippen molar-refractivity contribution >= 4 is 33.2 Å². The summed E-state index contributed by atoms with van der Waals surface area (Å²) in [5.74, 6) is -0.429. The minimum absolute atomic E-state index is 0.0944. The zero-order valence-corrected chi connectivity index (χ0v) is 18.3. The third-order valence-corrected chi connectivity index (χ3v) is 6.79. The van der Waals surface area contributed by atoms with E-state index >= 15 is 0 Å². The minimum Gasteiger partial charge on any atom is -0.348 e. The van der Waals surface area contributed by atoms with E-state index in [0.29, 0.717) is 0 Å². The van der Waals surface area contributed by atoms with Crippen molar-refractivity contribution < 1.29 is 13.2 Å². The fourth-order valence-electron chi connectivity index (χ4n) is 3.03. The van der Waals surface area contributed by atoms with Gasteiger partial charge in [-0.05, 0) is 43.7 Å². The van der Waals surface area contributed by atoms with Crippen molar-refractivity contribution in [3.05, 3.63) is 95.0 Å². The first-order valence-electron chi connectivity index (χ1n) is 9.47. The van der Waals surface area contributed by atoms with E-state index in [2.05, 4.69) is 5.32 Å². The van der Waals surface area contributed by atoms with Gasteiger partial charge < -0.3 is 5.32 Å². The highest BCUT2D eigenvalue weighted by atomic mass is 35.5. The summed E-state index contributed by atoms with van der Waals surface area (Å²) in [7, 11) is -4.00. The number of hydrogen-bond acceptors (Lipinski definition) is 3. The van der Waals surface area contributed by atoms with E-state index in [9.17, 15) is 13.2 Å². The number of carbonyl (C=O) groups excluding carboxylic acids is 1. The summed E-state index contributed by atoms with van der Waals surface area (Å²) in [4.78, 5) is 12.9. The maximum absolute atomic E-state index is 13.4. The average molecular weight is 443 g/mol. The standard InChI is InChI=1S/C23H23ClN2O3S/c1-17-12-14-20(15-13-17)30(28,29)26(22-11-7-6-10-21(22)24)16-23(27)25-18(2)19-8-4-3-5-9-19/h3-15,18H,16H2,1-2H3,(H,25,27)/t18-/m1/s1. The Bertz CT molecular complexity index is 1120. The maximum atomic E-state index is 13.4. The second-order valence-corrected chi connectivity index (χ2v) is 9.25. The summed E-state index contributed by atoms with van der Waals surface area (Å²) < 4.78 is 27.8. The topological polar surface area (TPSA) is 66.5 Å². The van der Waals surface area contributed by atoms with Crippen LogP contribution in [-0.2, 0) is 14.8 Å². The van der Waals surface area contributed by atoms with Crippen LogP contribution in [0.1, 0.15) is 24.1 Å². The molecule has 7 heteroatoms. The SMILES string of the molecule is Cc1ccc(S(=O)(=O)N(CC(=O)N[C@H](C)c2ccccc2)c2ccccc2Cl)cc1. The second kappa shape index (κ2) is 9.32. The molecule has 1 atom stereocenters. The van der Waals surface area contributed by atoms with E-state index in [1.165, 1.54) is 12.1 Å². The van der Waals surface area contributed by atoms with E-state index in [1.54, 1.807) is 36.4 Å². The number of nitrogens with zero attached hydrogens (tertiary/aromatic N) is 1. The zero-order chi connectivity index (χ0) is 21.7. The van der Waals surface area contributed by atoms with E-state index in [0.717, 1.165) is 15.4 Å². The molecule has 3 rings (SSSR count). The quantitative estimate of drug-likeness (QED) is 0.575. The van der Waals surface area contributed by atoms with Crippen molar-refractivity contribution in [2.24, 2.45) is 0 Å². The van der Waals surface area contributed by atoms with Crippen LogP contribution >= 0.6 is 11.6 Å². The predicted molar refractivity (Wildman–Crippen MR) is 120 cm³/mol. The number of anilines is 1. The highest BCUT2D eigenvalue weighted by Crippen LogP contribution is 2.30. The number of para-hydroxylation sites is 1. The molecule has 0 saturated carbocycles. The Morgan fingerprint density at radius 3 is 2.20 bits per heavy atom. The normalized spacial score (nSPS) is 12.2. The Hall–Kier alpha value is -2.83. The first-order valence-corrected chi connectivity index (χ1v) is 11.3. The van der Waals surface area contributed by atoms with Crippen molar-refractivity contribution in [2.45, 2.75) is 24.8 Å². The van der Waals surface area contributed by atoms with Gasteiger partial charge in [0.05, 0.1) is 21.6 Å². The Labute approximate surface area is 182 Å². The van der Waals surface area contributed by atoms with Gasteiger partial charge in [-0.1, -0.05) is 71.8 Å². The molecule has 0 aliphatic carbocycles. The zero-order valence-electron chi connectivity index (χ0n) is 16.7. The third kappa shape index (κ3) is 5.01. The van der Waals surface area contributed by atoms with Crippen LogP contribution in [-0.4, -0.2) is 20.9 Å². The molecule has 1 amide bonds. The highest BCUT2D eigenvalue weighted by Gasteiger charge is 2.29. The molecule has 0 spiro atoms. The minimum atomic E-state index is -4.00. The molecule has 0 fully saturated rings. The van der Waals surface area contributed by atoms with Gasteiger partial charge in [-0.2, -0.15) is 0 Å². The summed E-state index contributed by atoms with van der Waals surface area (Å²) >= 11 is 6.28. The lowest BCUT2D eigenvalue weighted by Crippen LogP contribution is -2.41. The molecule has 1 N–H and O–H groups in total. The fraction of sp³-hybridized carbons (Fsp3) is 0.174. The van der Waals surface area contributed by atoms with E-state index < -0.39 is 22.5 Å². The number of carbonyl (C=O) groups is 1. The summed E-state index contributed by atoms with van der Waals surface area (Å²) in [6, 6.07) is 22.3. The molecule has 0 saturated heterocycles. The molecule has 0 aromatic heterocycles. The van der Waals surface area contributed by atoms with Crippen LogP contribution in [0.2, 0.25) is 5.02 Å². The largest absolute Gasteiger partial charge is 0.348 e. The van der Waals surface area contributed by atoms with Gasteiger partial charge in [0.2, 0.25) is 5.91 Å². The van der Waals surface area contributed by atoms with Crippen LogP contribution in [0.25, 0.3) is 0 Å². The number of hydrogen-bond donors (Lipinski definition) is 1. The van der Waals surface area contributed by atoms with Gasteiger partial charge in [0.1, 0.15) is 6.54 Å². The van der Waals surface area contributed by atoms with Crippen LogP contribution in [0.3, 0.4) is 0 Å². The lowest BCUT2D eigenvalue weighted by molar-refractivity contribution is -0.120. The van der Waals surface area contributed by atoms with Gasteiger partial charge in [-0.3, -0.25) is 9.10 Å². The van der Waals surface area contributed by atoms with Crippen LogP contribution in [0.4, 0.5) is 5.69 Å². The lowest BCUT2D eigenvalue weighted by Gasteiger charge is -2.26. The fourth-order valence-corrected chi connectivity index (χ4v) is 4.76. The molecule has 5 nitrogen and oxygen atoms in total. The Kier molecular flexibility index (Phi) is 6.80. The molecular weight excluding hydrogens is 420 g/mol. The van der Waals surface area contributed by atoms with Gasteiger partial charge in [0.15, 0.2) is 0 Å². The number of rotatable bonds is 7. The first-order chi connectivity index (χ1) is 14.3. The molecule has 156 valence electrons. The van der Waals surface area contributed by atoms with Crippen molar-refractivity contribution in [1.82, 2.24) is 5.32 Å². The van der Waals surface area contributed by atoms with Crippen molar-refractivity contribution in [3.63, 3.8) is 0 Å². The molecule has 30 heavy (non-hydrogen) atoms. The van der Waals surface area contributed by atoms with Crippen LogP contribution < -0.4 is 9.62 Å². The van der Waals surface area contributed by atoms with Gasteiger partial charge in [-0.15, -0.1) is 0 Å². The average Bonchev–Trinajstić information content (AvgIpc) is 2.73. The highest BCUT2D eigenvalue weighted by molar-refractivity contribution is 7.92. The van der Waals surface area contributed by atoms with Gasteiger partial charge in [0.25, 0.3) is 10.0 Å². The molecule has 0 bridgehead atoms. The van der Waals surface area contributed by atoms with Crippen molar-refractivity contribution in [1.29, 1.82) is 0 Å². The first kappa shape index (κ1) is 21.9. The molecule has 0 aliphatic rings. The van der Waals surface area contributed by atoms with Crippen LogP contribution in [0.5, 0.6) is 0 Å². The Morgan fingerprint density at radius 2 is 1.57 bits per heavy atom. The molecular formula is C23H23ClN2O3S. The van der Waals surface area contributed by atoms with E-state index in [-0.39, 0.29) is 21.6 Å². The smallest absolute Gasteiger partial charge is 0.264 e. The Morgan fingerprint density at radius 1 is 0.967 bits per heavy atom. The second-order valence-electron chi connectivity index (χ2n) is 6.98. The monoisotopic (exact) mass is 442 g/mol. The molecule has 3 aromatic carbocycles. The third-order valence-electron chi connectivity index (χ3n) is 4.69. The van der Waals surface area contributed by atoms with Crippen LogP contribution in [0.15, 0.2) is 83.8 Å². The number of aryl methyl sites for hydroxylation is 1. The summed E-state index contributed by atoms with van der Waals surface area (Å²) in [5.41, 5.74) is 2.12. The summed E-state index contributed by atoms with van der Waals surface area (Å²) in [6.07, 6.45) is 0. The van der Waals surface area contributed by atoms with Gasteiger partial charge in [0, 0.05) is 0 Å². The molecule has 0 aliphatic heterocycles. The van der Waals surface area contributed by atoms with E-state index in [4.69, 9.17) is 11.6 Å². The number of halogens is 1. The number of sulfonamides is 1. The van der Waals surface area contributed by atoms with Gasteiger partial charge in [-0.25, -0.2) is 8.42 Å². The molecule has 0 unspecified atom stereocenters.